The van der Waals surface area contributed by atoms with Crippen molar-refractivity contribution in [3.63, 3.8) is 0 Å². The average molecular weight is 194 g/mol. The molecule has 0 aromatic rings. The molecule has 0 N–H and O–H groups in total. The molecule has 1 aliphatic rings. The Morgan fingerprint density at radius 3 is 2.50 bits per heavy atom. The van der Waals surface area contributed by atoms with Gasteiger partial charge in [0, 0.05) is 6.21 Å². The fraction of sp³-hybridized carbons (Fsp3) is 0. The van der Waals surface area contributed by atoms with Gasteiger partial charge in [-0.2, -0.15) is 0 Å². The molecule has 0 saturated carbocycles. The minimum absolute atomic E-state index is 0.157. The van der Waals surface area contributed by atoms with Crippen LogP contribution in [-0.4, -0.2) is 12.1 Å². The normalized spacial score (nSPS) is 18.5. The van der Waals surface area contributed by atoms with Gasteiger partial charge in [-0.1, -0.05) is 11.6 Å². The van der Waals surface area contributed by atoms with Crippen LogP contribution in [0.5, 0.6) is 0 Å². The zero-order chi connectivity index (χ0) is 6.15. The molecule has 0 radical (unpaired) electrons. The molecule has 1 heterocycles. The Balaban J connectivity index is 3.02. The Hall–Kier alpha value is -0.150. The number of nitrogens with zero attached hydrogens (tertiary/aromatic N) is 1. The summed E-state index contributed by atoms with van der Waals surface area (Å²) in [5.41, 5.74) is 0. The molecule has 0 fully saturated rings. The monoisotopic (exact) mass is 193 g/mol. The summed E-state index contributed by atoms with van der Waals surface area (Å²) >= 11 is 8.39. The highest BCUT2D eigenvalue weighted by Gasteiger charge is 2.13. The van der Waals surface area contributed by atoms with E-state index in [0.29, 0.717) is 4.48 Å². The van der Waals surface area contributed by atoms with Crippen LogP contribution in [-0.2, 0) is 4.79 Å². The lowest BCUT2D eigenvalue weighted by atomic mass is 10.5. The molecule has 0 saturated heterocycles. The smallest absolute Gasteiger partial charge is 0.266 e. The molecule has 0 bridgehead atoms. The number of hydrogen-bond acceptors (Lipinski definition) is 1. The lowest BCUT2D eigenvalue weighted by Gasteiger charge is -1.79. The van der Waals surface area contributed by atoms with Crippen LogP contribution in [0.2, 0.25) is 0 Å². The third kappa shape index (κ3) is 0.833. The maximum Gasteiger partial charge on any atom is 0.289 e. The average Bonchev–Trinajstić information content (AvgIpc) is 1.98. The summed E-state index contributed by atoms with van der Waals surface area (Å²) in [5, 5.41) is 0.157. The van der Waals surface area contributed by atoms with Crippen molar-refractivity contribution < 1.29 is 4.79 Å². The topological polar surface area (TPSA) is 29.4 Å². The van der Waals surface area contributed by atoms with Gasteiger partial charge in [0.2, 0.25) is 0 Å². The molecule has 1 rings (SSSR count). The highest BCUT2D eigenvalue weighted by Crippen LogP contribution is 2.19. The molecular formula is C4HBrClNO. The quantitative estimate of drug-likeness (QED) is 0.574. The molecular weight excluding hydrogens is 193 g/mol. The first-order valence-corrected chi connectivity index (χ1v) is 3.02. The van der Waals surface area contributed by atoms with Crippen LogP contribution < -0.4 is 0 Å². The second-order valence-electron chi connectivity index (χ2n) is 1.23. The highest BCUT2D eigenvalue weighted by molar-refractivity contribution is 9.12. The van der Waals surface area contributed by atoms with Gasteiger partial charge in [0.25, 0.3) is 5.91 Å². The van der Waals surface area contributed by atoms with Crippen molar-refractivity contribution in [2.75, 3.05) is 0 Å². The molecule has 0 atom stereocenters. The number of carbonyl (C=O) groups excluding carboxylic acids is 1. The Labute approximate surface area is 59.4 Å². The molecule has 0 aromatic carbocycles. The fourth-order valence-electron chi connectivity index (χ4n) is 0.331. The number of amides is 1. The first kappa shape index (κ1) is 5.98. The molecule has 0 spiro atoms. The number of halogens is 2. The lowest BCUT2D eigenvalue weighted by molar-refractivity contribution is -0.113. The molecule has 0 unspecified atom stereocenters. The van der Waals surface area contributed by atoms with E-state index < -0.39 is 0 Å². The van der Waals surface area contributed by atoms with Crippen molar-refractivity contribution in [2.24, 2.45) is 4.99 Å². The van der Waals surface area contributed by atoms with Crippen molar-refractivity contribution in [3.05, 3.63) is 9.51 Å². The summed E-state index contributed by atoms with van der Waals surface area (Å²) < 4.78 is 0.559. The van der Waals surface area contributed by atoms with E-state index in [9.17, 15) is 4.79 Å². The van der Waals surface area contributed by atoms with E-state index in [1.54, 1.807) is 0 Å². The predicted octanol–water partition coefficient (Wildman–Crippen LogP) is 1.44. The highest BCUT2D eigenvalue weighted by atomic mass is 79.9. The van der Waals surface area contributed by atoms with Crippen LogP contribution in [0.1, 0.15) is 0 Å². The van der Waals surface area contributed by atoms with Gasteiger partial charge in [0.1, 0.15) is 5.03 Å². The van der Waals surface area contributed by atoms with Gasteiger partial charge in [0.05, 0.1) is 4.48 Å². The predicted molar refractivity (Wildman–Crippen MR) is 35.3 cm³/mol. The molecule has 4 heteroatoms. The van der Waals surface area contributed by atoms with Crippen molar-refractivity contribution >= 4 is 39.7 Å². The fourth-order valence-corrected chi connectivity index (χ4v) is 0.700. The Bertz CT molecular complexity index is 192. The third-order valence-electron chi connectivity index (χ3n) is 0.693. The van der Waals surface area contributed by atoms with E-state index in [1.807, 2.05) is 0 Å². The maximum atomic E-state index is 10.4. The van der Waals surface area contributed by atoms with Gasteiger partial charge in [-0.25, -0.2) is 4.99 Å². The van der Waals surface area contributed by atoms with Crippen LogP contribution in [0.4, 0.5) is 0 Å². The Kier molecular flexibility index (Phi) is 1.49. The van der Waals surface area contributed by atoms with Gasteiger partial charge in [-0.15, -0.1) is 0 Å². The van der Waals surface area contributed by atoms with Crippen molar-refractivity contribution in [1.29, 1.82) is 0 Å². The number of allylic oxidation sites excluding steroid dienone is 1. The van der Waals surface area contributed by atoms with Crippen LogP contribution in [0.15, 0.2) is 14.5 Å². The van der Waals surface area contributed by atoms with Gasteiger partial charge >= 0.3 is 0 Å². The standard InChI is InChI=1S/C4HBrClNO/c5-2-1-7-4(8)3(2)6/h1H. The summed E-state index contributed by atoms with van der Waals surface area (Å²) in [4.78, 5) is 13.7. The van der Waals surface area contributed by atoms with Gasteiger partial charge in [-0.05, 0) is 15.9 Å². The number of hydrogen-bond donors (Lipinski definition) is 0. The number of carbonyl (C=O) groups is 1. The van der Waals surface area contributed by atoms with Gasteiger partial charge < -0.3 is 0 Å². The molecule has 0 aromatic heterocycles. The minimum atomic E-state index is -0.376. The third-order valence-corrected chi connectivity index (χ3v) is 1.89. The zero-order valence-electron chi connectivity index (χ0n) is 3.69. The second kappa shape index (κ2) is 1.99. The van der Waals surface area contributed by atoms with E-state index in [4.69, 9.17) is 11.6 Å². The van der Waals surface area contributed by atoms with E-state index in [-0.39, 0.29) is 10.9 Å². The summed E-state index contributed by atoms with van der Waals surface area (Å²) in [6, 6.07) is 0. The first-order chi connectivity index (χ1) is 3.72. The van der Waals surface area contributed by atoms with E-state index in [1.165, 1.54) is 6.21 Å². The lowest BCUT2D eigenvalue weighted by Crippen LogP contribution is -1.84. The largest absolute Gasteiger partial charge is 0.289 e. The summed E-state index contributed by atoms with van der Waals surface area (Å²) in [7, 11) is 0. The van der Waals surface area contributed by atoms with Crippen LogP contribution in [0, 0.1) is 0 Å². The van der Waals surface area contributed by atoms with Gasteiger partial charge in [-0.3, -0.25) is 4.79 Å². The van der Waals surface area contributed by atoms with Gasteiger partial charge in [0.15, 0.2) is 0 Å². The molecule has 1 aliphatic heterocycles. The van der Waals surface area contributed by atoms with Crippen molar-refractivity contribution in [1.82, 2.24) is 0 Å². The van der Waals surface area contributed by atoms with Crippen molar-refractivity contribution in [2.45, 2.75) is 0 Å². The summed E-state index contributed by atoms with van der Waals surface area (Å²) in [5.74, 6) is -0.376. The number of aliphatic imine (C=N–C) groups is 1. The summed E-state index contributed by atoms with van der Waals surface area (Å²) in [6.45, 7) is 0. The molecule has 8 heavy (non-hydrogen) atoms. The van der Waals surface area contributed by atoms with Crippen LogP contribution in [0.25, 0.3) is 0 Å². The van der Waals surface area contributed by atoms with Crippen molar-refractivity contribution in [3.8, 4) is 0 Å². The molecule has 0 aliphatic carbocycles. The number of rotatable bonds is 0. The molecule has 2 nitrogen and oxygen atoms in total. The second-order valence-corrected chi connectivity index (χ2v) is 2.46. The van der Waals surface area contributed by atoms with E-state index >= 15 is 0 Å². The zero-order valence-corrected chi connectivity index (χ0v) is 6.03. The SMILES string of the molecule is O=C1N=CC(Br)=C1Cl. The Morgan fingerprint density at radius 1 is 1.75 bits per heavy atom. The van der Waals surface area contributed by atoms with Crippen LogP contribution >= 0.6 is 27.5 Å². The Morgan fingerprint density at radius 2 is 2.38 bits per heavy atom. The maximum absolute atomic E-state index is 10.4. The molecule has 42 valence electrons. The summed E-state index contributed by atoms with van der Waals surface area (Å²) in [6.07, 6.45) is 1.38. The van der Waals surface area contributed by atoms with Crippen LogP contribution in [0.3, 0.4) is 0 Å². The minimum Gasteiger partial charge on any atom is -0.266 e. The van der Waals surface area contributed by atoms with E-state index in [0.717, 1.165) is 0 Å². The molecule has 1 amide bonds. The first-order valence-electron chi connectivity index (χ1n) is 1.85. The van der Waals surface area contributed by atoms with E-state index in [2.05, 4.69) is 20.9 Å².